The minimum Gasteiger partial charge on any atom is -0.304 e. The summed E-state index contributed by atoms with van der Waals surface area (Å²) in [5, 5.41) is 0. The standard InChI is InChI=1S/C25H40N2/c1-26(2)25(19-22-9-5-3-6-10-22)15-13-24(14-16-25)17-18-27(21-24)20-23-11-7-4-8-12-23/h4,7-8,11-12,22H,3,5-6,9-10,13-21H2,1-2H3. The van der Waals surface area contributed by atoms with E-state index >= 15 is 0 Å². The maximum Gasteiger partial charge on any atom is 0.0233 e. The van der Waals surface area contributed by atoms with E-state index in [0.717, 1.165) is 12.5 Å². The van der Waals surface area contributed by atoms with Crippen LogP contribution in [0.15, 0.2) is 30.3 Å². The Morgan fingerprint density at radius 3 is 2.30 bits per heavy atom. The van der Waals surface area contributed by atoms with Gasteiger partial charge in [-0.25, -0.2) is 0 Å². The van der Waals surface area contributed by atoms with Crippen LogP contribution in [-0.2, 0) is 6.54 Å². The molecule has 1 spiro atoms. The van der Waals surface area contributed by atoms with E-state index in [-0.39, 0.29) is 0 Å². The number of benzene rings is 1. The molecule has 0 amide bonds. The Hall–Kier alpha value is -0.860. The first-order valence-electron chi connectivity index (χ1n) is 11.5. The van der Waals surface area contributed by atoms with Crippen LogP contribution >= 0.6 is 0 Å². The molecule has 2 saturated carbocycles. The fraction of sp³-hybridized carbons (Fsp3) is 0.760. The average molecular weight is 369 g/mol. The molecule has 0 bridgehead atoms. The van der Waals surface area contributed by atoms with Crippen molar-refractivity contribution in [2.24, 2.45) is 11.3 Å². The highest BCUT2D eigenvalue weighted by molar-refractivity contribution is 5.15. The number of hydrogen-bond acceptors (Lipinski definition) is 2. The van der Waals surface area contributed by atoms with E-state index in [4.69, 9.17) is 0 Å². The van der Waals surface area contributed by atoms with E-state index in [0.29, 0.717) is 11.0 Å². The molecule has 1 aliphatic heterocycles. The Labute approximate surface area is 167 Å². The topological polar surface area (TPSA) is 6.48 Å². The normalized spacial score (nSPS) is 33.1. The third-order valence-corrected chi connectivity index (χ3v) is 8.35. The van der Waals surface area contributed by atoms with E-state index < -0.39 is 0 Å². The Balaban J connectivity index is 1.35. The molecule has 3 aliphatic rings. The van der Waals surface area contributed by atoms with Crippen molar-refractivity contribution < 1.29 is 0 Å². The molecule has 0 N–H and O–H groups in total. The zero-order valence-corrected chi connectivity index (χ0v) is 17.8. The van der Waals surface area contributed by atoms with Crippen molar-refractivity contribution in [3.05, 3.63) is 35.9 Å². The summed E-state index contributed by atoms with van der Waals surface area (Å²) in [7, 11) is 4.72. The summed E-state index contributed by atoms with van der Waals surface area (Å²) in [6.45, 7) is 3.77. The van der Waals surface area contributed by atoms with Crippen molar-refractivity contribution in [1.82, 2.24) is 9.80 Å². The van der Waals surface area contributed by atoms with Gasteiger partial charge in [-0.05, 0) is 76.1 Å². The molecule has 2 heteroatoms. The van der Waals surface area contributed by atoms with Gasteiger partial charge in [0.15, 0.2) is 0 Å². The van der Waals surface area contributed by atoms with Gasteiger partial charge in [0.2, 0.25) is 0 Å². The maximum absolute atomic E-state index is 2.72. The Morgan fingerprint density at radius 2 is 1.63 bits per heavy atom. The second-order valence-corrected chi connectivity index (χ2v) is 10.3. The van der Waals surface area contributed by atoms with Gasteiger partial charge < -0.3 is 4.90 Å². The first-order chi connectivity index (χ1) is 13.1. The summed E-state index contributed by atoms with van der Waals surface area (Å²) >= 11 is 0. The molecule has 0 radical (unpaired) electrons. The molecule has 27 heavy (non-hydrogen) atoms. The minimum absolute atomic E-state index is 0.486. The van der Waals surface area contributed by atoms with Crippen molar-refractivity contribution in [1.29, 1.82) is 0 Å². The molecule has 1 heterocycles. The molecule has 0 unspecified atom stereocenters. The maximum atomic E-state index is 2.72. The van der Waals surface area contributed by atoms with Crippen molar-refractivity contribution in [3.63, 3.8) is 0 Å². The largest absolute Gasteiger partial charge is 0.304 e. The van der Waals surface area contributed by atoms with Gasteiger partial charge in [0.05, 0.1) is 0 Å². The van der Waals surface area contributed by atoms with Crippen LogP contribution in [0.25, 0.3) is 0 Å². The summed E-state index contributed by atoms with van der Waals surface area (Å²) in [6.07, 6.45) is 16.1. The van der Waals surface area contributed by atoms with Crippen LogP contribution in [0.1, 0.15) is 76.2 Å². The van der Waals surface area contributed by atoms with Gasteiger partial charge in [-0.2, -0.15) is 0 Å². The highest BCUT2D eigenvalue weighted by Crippen LogP contribution is 2.51. The Morgan fingerprint density at radius 1 is 0.926 bits per heavy atom. The molecule has 2 nitrogen and oxygen atoms in total. The Bertz CT molecular complexity index is 580. The lowest BCUT2D eigenvalue weighted by Crippen LogP contribution is -2.50. The fourth-order valence-electron chi connectivity index (χ4n) is 6.42. The van der Waals surface area contributed by atoms with Crippen LogP contribution in [0.4, 0.5) is 0 Å². The summed E-state index contributed by atoms with van der Waals surface area (Å²) in [4.78, 5) is 5.34. The van der Waals surface area contributed by atoms with Gasteiger partial charge in [-0.15, -0.1) is 0 Å². The molecule has 150 valence electrons. The molecule has 4 rings (SSSR count). The summed E-state index contributed by atoms with van der Waals surface area (Å²) in [5.74, 6) is 0.994. The van der Waals surface area contributed by atoms with Crippen LogP contribution in [0.5, 0.6) is 0 Å². The second-order valence-electron chi connectivity index (χ2n) is 10.3. The average Bonchev–Trinajstić information content (AvgIpc) is 3.08. The highest BCUT2D eigenvalue weighted by Gasteiger charge is 2.47. The quantitative estimate of drug-likeness (QED) is 0.655. The summed E-state index contributed by atoms with van der Waals surface area (Å²) in [5.41, 5.74) is 2.58. The molecule has 1 aromatic rings. The van der Waals surface area contributed by atoms with Crippen molar-refractivity contribution in [3.8, 4) is 0 Å². The molecule has 0 atom stereocenters. The van der Waals surface area contributed by atoms with E-state index in [1.54, 1.807) is 0 Å². The van der Waals surface area contributed by atoms with Gasteiger partial charge >= 0.3 is 0 Å². The van der Waals surface area contributed by atoms with E-state index in [1.165, 1.54) is 89.3 Å². The van der Waals surface area contributed by atoms with Gasteiger partial charge in [0, 0.05) is 18.6 Å². The molecule has 1 aromatic carbocycles. The third-order valence-electron chi connectivity index (χ3n) is 8.35. The Kier molecular flexibility index (Phi) is 5.94. The van der Waals surface area contributed by atoms with Crippen LogP contribution in [0, 0.1) is 11.3 Å². The molecule has 3 fully saturated rings. The first-order valence-corrected chi connectivity index (χ1v) is 11.5. The number of likely N-dealkylation sites (tertiary alicyclic amines) is 1. The van der Waals surface area contributed by atoms with E-state index in [2.05, 4.69) is 54.2 Å². The molecular formula is C25H40N2. The molecular weight excluding hydrogens is 328 g/mol. The van der Waals surface area contributed by atoms with Gasteiger partial charge in [-0.1, -0.05) is 62.4 Å². The van der Waals surface area contributed by atoms with Crippen LogP contribution in [0.2, 0.25) is 0 Å². The van der Waals surface area contributed by atoms with Crippen molar-refractivity contribution >= 4 is 0 Å². The predicted molar refractivity (Wildman–Crippen MR) is 115 cm³/mol. The molecule has 2 aliphatic carbocycles. The molecule has 1 saturated heterocycles. The zero-order valence-electron chi connectivity index (χ0n) is 17.8. The van der Waals surface area contributed by atoms with Crippen LogP contribution in [0.3, 0.4) is 0 Å². The van der Waals surface area contributed by atoms with Gasteiger partial charge in [0.1, 0.15) is 0 Å². The van der Waals surface area contributed by atoms with E-state index in [1.807, 2.05) is 0 Å². The number of rotatable bonds is 5. The van der Waals surface area contributed by atoms with E-state index in [9.17, 15) is 0 Å². The lowest BCUT2D eigenvalue weighted by molar-refractivity contribution is 0.0177. The number of hydrogen-bond donors (Lipinski definition) is 0. The zero-order chi connectivity index (χ0) is 18.7. The summed E-state index contributed by atoms with van der Waals surface area (Å²) in [6, 6.07) is 11.1. The third kappa shape index (κ3) is 4.43. The van der Waals surface area contributed by atoms with Gasteiger partial charge in [-0.3, -0.25) is 4.90 Å². The smallest absolute Gasteiger partial charge is 0.0233 e. The minimum atomic E-state index is 0.486. The van der Waals surface area contributed by atoms with Crippen molar-refractivity contribution in [2.75, 3.05) is 27.2 Å². The SMILES string of the molecule is CN(C)C1(CC2CCCCC2)CCC2(CCN(Cc3ccccc3)C2)CC1. The predicted octanol–water partition coefficient (Wildman–Crippen LogP) is 5.72. The second kappa shape index (κ2) is 8.25. The number of nitrogens with zero attached hydrogens (tertiary/aromatic N) is 2. The first kappa shape index (κ1) is 19.5. The van der Waals surface area contributed by atoms with Crippen LogP contribution in [-0.4, -0.2) is 42.5 Å². The van der Waals surface area contributed by atoms with Crippen LogP contribution < -0.4 is 0 Å². The van der Waals surface area contributed by atoms with Crippen molar-refractivity contribution in [2.45, 2.75) is 82.7 Å². The lowest BCUT2D eigenvalue weighted by atomic mass is 9.63. The summed E-state index contributed by atoms with van der Waals surface area (Å²) < 4.78 is 0. The highest BCUT2D eigenvalue weighted by atomic mass is 15.2. The molecule has 0 aromatic heterocycles. The monoisotopic (exact) mass is 368 g/mol. The fourth-order valence-corrected chi connectivity index (χ4v) is 6.42. The van der Waals surface area contributed by atoms with Gasteiger partial charge in [0.25, 0.3) is 0 Å². The lowest BCUT2D eigenvalue weighted by Gasteiger charge is -2.50.